The number of carbonyl (C=O) groups excluding carboxylic acids is 1. The molecule has 3 heteroatoms. The molecule has 0 bridgehead atoms. The summed E-state index contributed by atoms with van der Waals surface area (Å²) in [7, 11) is 0. The fourth-order valence-electron chi connectivity index (χ4n) is 3.26. The highest BCUT2D eigenvalue weighted by Gasteiger charge is 2.26. The summed E-state index contributed by atoms with van der Waals surface area (Å²) < 4.78 is 2.16. The Labute approximate surface area is 127 Å². The fraction of sp³-hybridized carbons (Fsp3) is 0. The van der Waals surface area contributed by atoms with Crippen molar-refractivity contribution in [1.29, 1.82) is 0 Å². The zero-order chi connectivity index (χ0) is 14.8. The van der Waals surface area contributed by atoms with Gasteiger partial charge in [0.15, 0.2) is 0 Å². The molecule has 3 aromatic rings. The van der Waals surface area contributed by atoms with Gasteiger partial charge in [-0.1, -0.05) is 30.3 Å². The number of aromatic nitrogens is 1. The van der Waals surface area contributed by atoms with E-state index < -0.39 is 5.91 Å². The highest BCUT2D eigenvalue weighted by molar-refractivity contribution is 6.08. The predicted octanol–water partition coefficient (Wildman–Crippen LogP) is 3.66. The van der Waals surface area contributed by atoms with E-state index in [4.69, 9.17) is 5.73 Å². The van der Waals surface area contributed by atoms with Crippen LogP contribution in [-0.4, -0.2) is 10.5 Å². The maximum Gasteiger partial charge on any atom is 0.248 e. The summed E-state index contributed by atoms with van der Waals surface area (Å²) in [6, 6.07) is 16.2. The Kier molecular flexibility index (Phi) is 1.98. The van der Waals surface area contributed by atoms with E-state index in [1.807, 2.05) is 12.1 Å². The average molecular weight is 284 g/mol. The van der Waals surface area contributed by atoms with Crippen LogP contribution in [0, 0.1) is 0 Å². The van der Waals surface area contributed by atoms with Gasteiger partial charge in [-0.15, -0.1) is 0 Å². The molecule has 0 saturated heterocycles. The molecule has 5 rings (SSSR count). The largest absolute Gasteiger partial charge is 0.366 e. The van der Waals surface area contributed by atoms with Crippen LogP contribution in [0.4, 0.5) is 0 Å². The van der Waals surface area contributed by atoms with Gasteiger partial charge in [0, 0.05) is 22.7 Å². The molecule has 0 saturated carbocycles. The number of rotatable bonds is 1. The highest BCUT2D eigenvalue weighted by atomic mass is 16.1. The Morgan fingerprint density at radius 1 is 1.00 bits per heavy atom. The van der Waals surface area contributed by atoms with Crippen LogP contribution in [0.25, 0.3) is 33.9 Å². The van der Waals surface area contributed by atoms with Gasteiger partial charge in [-0.05, 0) is 41.0 Å². The van der Waals surface area contributed by atoms with Crippen molar-refractivity contribution in [2.75, 3.05) is 0 Å². The van der Waals surface area contributed by atoms with E-state index in [0.29, 0.717) is 5.56 Å². The number of nitrogens with zero attached hydrogens (tertiary/aromatic N) is 1. The van der Waals surface area contributed by atoms with Gasteiger partial charge in [-0.3, -0.25) is 4.79 Å². The summed E-state index contributed by atoms with van der Waals surface area (Å²) >= 11 is 0. The number of allylic oxidation sites excluding steroid dienone is 3. The Morgan fingerprint density at radius 3 is 2.64 bits per heavy atom. The van der Waals surface area contributed by atoms with Crippen LogP contribution in [0.2, 0.25) is 0 Å². The molecule has 3 nitrogen and oxygen atoms in total. The lowest BCUT2D eigenvalue weighted by molar-refractivity contribution is 0.100. The highest BCUT2D eigenvalue weighted by Crippen LogP contribution is 2.46. The summed E-state index contributed by atoms with van der Waals surface area (Å²) in [6.45, 7) is 0. The number of hydrogen-bond acceptors (Lipinski definition) is 1. The van der Waals surface area contributed by atoms with Crippen molar-refractivity contribution in [1.82, 2.24) is 4.57 Å². The number of nitrogens with two attached hydrogens (primary N) is 1. The Hall–Kier alpha value is -3.07. The van der Waals surface area contributed by atoms with E-state index in [-0.39, 0.29) is 0 Å². The minimum Gasteiger partial charge on any atom is -0.366 e. The maximum atomic E-state index is 11.5. The third kappa shape index (κ3) is 1.42. The summed E-state index contributed by atoms with van der Waals surface area (Å²) in [5, 5.41) is 1.11. The van der Waals surface area contributed by atoms with Gasteiger partial charge in [-0.25, -0.2) is 0 Å². The van der Waals surface area contributed by atoms with Crippen LogP contribution in [0.3, 0.4) is 0 Å². The Bertz CT molecular complexity index is 1050. The van der Waals surface area contributed by atoms with E-state index >= 15 is 0 Å². The van der Waals surface area contributed by atoms with E-state index in [1.54, 1.807) is 6.07 Å². The van der Waals surface area contributed by atoms with Gasteiger partial charge in [0.05, 0.1) is 11.2 Å². The van der Waals surface area contributed by atoms with Gasteiger partial charge in [-0.2, -0.15) is 0 Å². The lowest BCUT2D eigenvalue weighted by atomic mass is 10.0. The lowest BCUT2D eigenvalue weighted by Crippen LogP contribution is -2.10. The molecule has 22 heavy (non-hydrogen) atoms. The monoisotopic (exact) mass is 284 g/mol. The molecule has 104 valence electrons. The second-order valence-electron chi connectivity index (χ2n) is 5.73. The van der Waals surface area contributed by atoms with Crippen molar-refractivity contribution in [2.45, 2.75) is 0 Å². The topological polar surface area (TPSA) is 48.0 Å². The molecule has 0 unspecified atom stereocenters. The van der Waals surface area contributed by atoms with Gasteiger partial charge in [0.2, 0.25) is 5.91 Å². The van der Waals surface area contributed by atoms with Crippen LogP contribution in [0.5, 0.6) is 0 Å². The number of benzene rings is 2. The smallest absolute Gasteiger partial charge is 0.248 e. The minimum absolute atomic E-state index is 0.399. The SMILES string of the molecule is NC(=O)c1ccc2cc3n(c2c1)C=C1C=C1c1ccccc1-3. The molecular formula is C19H12N2O. The second-order valence-corrected chi connectivity index (χ2v) is 5.73. The van der Waals surface area contributed by atoms with E-state index in [0.717, 1.165) is 16.6 Å². The summed E-state index contributed by atoms with van der Waals surface area (Å²) in [5.41, 5.74) is 13.1. The van der Waals surface area contributed by atoms with E-state index in [9.17, 15) is 4.79 Å². The number of carbonyl (C=O) groups is 1. The van der Waals surface area contributed by atoms with Crippen LogP contribution in [-0.2, 0) is 0 Å². The number of amides is 1. The van der Waals surface area contributed by atoms with Crippen LogP contribution in [0.15, 0.2) is 60.2 Å². The number of hydrogen-bond donors (Lipinski definition) is 1. The first-order chi connectivity index (χ1) is 10.7. The summed E-state index contributed by atoms with van der Waals surface area (Å²) in [5.74, 6) is -0.399. The first-order valence-corrected chi connectivity index (χ1v) is 7.21. The molecule has 1 amide bonds. The molecule has 2 heterocycles. The van der Waals surface area contributed by atoms with Crippen molar-refractivity contribution < 1.29 is 4.79 Å². The van der Waals surface area contributed by atoms with Gasteiger partial charge in [0.25, 0.3) is 0 Å². The molecule has 2 aromatic carbocycles. The molecule has 0 atom stereocenters. The third-order valence-electron chi connectivity index (χ3n) is 4.42. The predicted molar refractivity (Wildman–Crippen MR) is 88.1 cm³/mol. The van der Waals surface area contributed by atoms with E-state index in [1.165, 1.54) is 22.3 Å². The first kappa shape index (κ1) is 11.6. The molecule has 2 N–H and O–H groups in total. The maximum absolute atomic E-state index is 11.5. The second kappa shape index (κ2) is 3.77. The number of primary amides is 1. The fourth-order valence-corrected chi connectivity index (χ4v) is 3.26. The molecule has 1 aliphatic heterocycles. The molecule has 1 aromatic heterocycles. The van der Waals surface area contributed by atoms with Gasteiger partial charge >= 0.3 is 0 Å². The molecular weight excluding hydrogens is 272 g/mol. The minimum atomic E-state index is -0.399. The van der Waals surface area contributed by atoms with Crippen molar-refractivity contribution in [3.8, 4) is 11.3 Å². The quantitative estimate of drug-likeness (QED) is 0.728. The van der Waals surface area contributed by atoms with Crippen molar-refractivity contribution in [3.05, 3.63) is 71.3 Å². The normalized spacial score (nSPS) is 14.4. The molecule has 2 aliphatic rings. The van der Waals surface area contributed by atoms with Crippen LogP contribution < -0.4 is 5.73 Å². The molecule has 0 spiro atoms. The zero-order valence-corrected chi connectivity index (χ0v) is 11.7. The number of fused-ring (bicyclic) bond motifs is 7. The summed E-state index contributed by atoms with van der Waals surface area (Å²) in [6.07, 6.45) is 4.32. The van der Waals surface area contributed by atoms with Crippen LogP contribution >= 0.6 is 0 Å². The lowest BCUT2D eigenvalue weighted by Gasteiger charge is -2.07. The third-order valence-corrected chi connectivity index (χ3v) is 4.42. The molecule has 1 aliphatic carbocycles. The first-order valence-electron chi connectivity index (χ1n) is 7.21. The van der Waals surface area contributed by atoms with Crippen LogP contribution in [0.1, 0.15) is 15.9 Å². The van der Waals surface area contributed by atoms with Crippen molar-refractivity contribution in [2.24, 2.45) is 5.73 Å². The standard InChI is InChI=1S/C19H12N2O/c20-19(22)12-6-5-11-8-18-15-4-2-1-3-14(15)16-7-13(16)10-21(18)17(11)9-12/h1-10H,(H2,20,22). The Morgan fingerprint density at radius 2 is 1.82 bits per heavy atom. The van der Waals surface area contributed by atoms with E-state index in [2.05, 4.69) is 47.2 Å². The zero-order valence-electron chi connectivity index (χ0n) is 11.7. The molecule has 0 radical (unpaired) electrons. The van der Waals surface area contributed by atoms with Crippen molar-refractivity contribution >= 4 is 28.6 Å². The average Bonchev–Trinajstić information content (AvgIpc) is 3.22. The summed E-state index contributed by atoms with van der Waals surface area (Å²) in [4.78, 5) is 11.5. The van der Waals surface area contributed by atoms with Gasteiger partial charge in [0.1, 0.15) is 0 Å². The van der Waals surface area contributed by atoms with Gasteiger partial charge < -0.3 is 10.3 Å². The Balaban J connectivity index is 1.89. The van der Waals surface area contributed by atoms with Crippen molar-refractivity contribution in [3.63, 3.8) is 0 Å². The molecule has 0 fully saturated rings.